The standard InChI is InChI=1S/C7H14O5/c1-10-3-4-12-5-6(11-2)7(8)9/h6H,3-5H2,1-2H3,(H,8,9). The lowest BCUT2D eigenvalue weighted by Gasteiger charge is -2.10. The lowest BCUT2D eigenvalue weighted by atomic mass is 10.4. The number of carboxylic acid groups (broad SMARTS) is 1. The highest BCUT2D eigenvalue weighted by Gasteiger charge is 2.15. The summed E-state index contributed by atoms with van der Waals surface area (Å²) in [5, 5.41) is 8.49. The van der Waals surface area contributed by atoms with Gasteiger partial charge >= 0.3 is 5.97 Å². The topological polar surface area (TPSA) is 65.0 Å². The Morgan fingerprint density at radius 3 is 2.50 bits per heavy atom. The molecule has 0 aromatic heterocycles. The maximum Gasteiger partial charge on any atom is 0.335 e. The van der Waals surface area contributed by atoms with Crippen LogP contribution in [0.3, 0.4) is 0 Å². The number of carboxylic acids is 1. The van der Waals surface area contributed by atoms with Crippen LogP contribution in [0.4, 0.5) is 0 Å². The Balaban J connectivity index is 3.38. The van der Waals surface area contributed by atoms with Crippen molar-refractivity contribution >= 4 is 5.97 Å². The molecule has 0 radical (unpaired) electrons. The smallest absolute Gasteiger partial charge is 0.335 e. The first-order chi connectivity index (χ1) is 5.72. The van der Waals surface area contributed by atoms with Gasteiger partial charge in [0.15, 0.2) is 6.10 Å². The van der Waals surface area contributed by atoms with Crippen LogP contribution in [0.1, 0.15) is 0 Å². The SMILES string of the molecule is COCCOCC(OC)C(=O)O. The molecule has 0 aromatic rings. The largest absolute Gasteiger partial charge is 0.479 e. The van der Waals surface area contributed by atoms with Crippen molar-refractivity contribution in [3.8, 4) is 0 Å². The highest BCUT2D eigenvalue weighted by atomic mass is 16.6. The van der Waals surface area contributed by atoms with Crippen LogP contribution in [0.25, 0.3) is 0 Å². The fraction of sp³-hybridized carbons (Fsp3) is 0.857. The molecule has 0 saturated carbocycles. The zero-order valence-corrected chi connectivity index (χ0v) is 7.28. The Hall–Kier alpha value is -0.650. The summed E-state index contributed by atoms with van der Waals surface area (Å²) in [6.45, 7) is 0.884. The number of hydrogen-bond donors (Lipinski definition) is 1. The van der Waals surface area contributed by atoms with Crippen molar-refractivity contribution in [3.05, 3.63) is 0 Å². The summed E-state index contributed by atoms with van der Waals surface area (Å²) in [6.07, 6.45) is -0.887. The fourth-order valence-electron chi connectivity index (χ4n) is 0.573. The van der Waals surface area contributed by atoms with Crippen LogP contribution in [0.5, 0.6) is 0 Å². The van der Waals surface area contributed by atoms with Crippen LogP contribution >= 0.6 is 0 Å². The molecule has 5 heteroatoms. The van der Waals surface area contributed by atoms with Gasteiger partial charge in [-0.25, -0.2) is 4.79 Å². The summed E-state index contributed by atoms with van der Waals surface area (Å²) in [5.74, 6) is -1.02. The van der Waals surface area contributed by atoms with Crippen molar-refractivity contribution < 1.29 is 24.1 Å². The molecule has 0 bridgehead atoms. The third-order valence-electron chi connectivity index (χ3n) is 1.26. The molecule has 0 rings (SSSR count). The summed E-state index contributed by atoms with van der Waals surface area (Å²) in [6, 6.07) is 0. The predicted octanol–water partition coefficient (Wildman–Crippen LogP) is -0.251. The van der Waals surface area contributed by atoms with E-state index in [9.17, 15) is 4.79 Å². The molecule has 0 fully saturated rings. The maximum absolute atomic E-state index is 10.4. The molecule has 1 N–H and O–H groups in total. The summed E-state index contributed by atoms with van der Waals surface area (Å²) in [7, 11) is 2.88. The van der Waals surface area contributed by atoms with E-state index < -0.39 is 12.1 Å². The van der Waals surface area contributed by atoms with Gasteiger partial charge in [0.25, 0.3) is 0 Å². The second-order valence-corrected chi connectivity index (χ2v) is 2.13. The Bertz CT molecular complexity index is 125. The van der Waals surface area contributed by atoms with Crippen molar-refractivity contribution in [1.29, 1.82) is 0 Å². The van der Waals surface area contributed by atoms with E-state index >= 15 is 0 Å². The summed E-state index contributed by atoms with van der Waals surface area (Å²) >= 11 is 0. The Labute approximate surface area is 71.2 Å². The molecule has 0 amide bonds. The van der Waals surface area contributed by atoms with E-state index in [0.29, 0.717) is 13.2 Å². The number of hydrogen-bond acceptors (Lipinski definition) is 4. The predicted molar refractivity (Wildman–Crippen MR) is 41.1 cm³/mol. The van der Waals surface area contributed by atoms with E-state index in [-0.39, 0.29) is 6.61 Å². The molecule has 0 aliphatic rings. The van der Waals surface area contributed by atoms with Crippen LogP contribution in [0, 0.1) is 0 Å². The first kappa shape index (κ1) is 11.4. The second kappa shape index (κ2) is 7.02. The molecule has 1 atom stereocenters. The summed E-state index contributed by atoms with van der Waals surface area (Å²) in [4.78, 5) is 10.4. The number of carbonyl (C=O) groups is 1. The molecule has 0 spiro atoms. The molecule has 0 heterocycles. The minimum Gasteiger partial charge on any atom is -0.479 e. The minimum atomic E-state index is -1.02. The Morgan fingerprint density at radius 1 is 1.42 bits per heavy atom. The highest BCUT2D eigenvalue weighted by molar-refractivity contribution is 5.72. The Kier molecular flexibility index (Phi) is 6.64. The lowest BCUT2D eigenvalue weighted by molar-refractivity contribution is -0.152. The van der Waals surface area contributed by atoms with Crippen molar-refractivity contribution in [2.24, 2.45) is 0 Å². The van der Waals surface area contributed by atoms with Gasteiger partial charge in [-0.2, -0.15) is 0 Å². The third kappa shape index (κ3) is 5.06. The van der Waals surface area contributed by atoms with E-state index in [1.165, 1.54) is 7.11 Å². The molecule has 0 aliphatic carbocycles. The minimum absolute atomic E-state index is 0.0508. The van der Waals surface area contributed by atoms with Gasteiger partial charge in [0.05, 0.1) is 19.8 Å². The monoisotopic (exact) mass is 178 g/mol. The van der Waals surface area contributed by atoms with E-state index in [1.807, 2.05) is 0 Å². The molecule has 12 heavy (non-hydrogen) atoms. The van der Waals surface area contributed by atoms with E-state index in [4.69, 9.17) is 14.6 Å². The quantitative estimate of drug-likeness (QED) is 0.544. The molecule has 72 valence electrons. The van der Waals surface area contributed by atoms with E-state index in [1.54, 1.807) is 7.11 Å². The molecular weight excluding hydrogens is 164 g/mol. The summed E-state index contributed by atoms with van der Waals surface area (Å²) < 4.78 is 14.3. The number of aliphatic carboxylic acids is 1. The van der Waals surface area contributed by atoms with Crippen LogP contribution in [-0.4, -0.2) is 51.2 Å². The lowest BCUT2D eigenvalue weighted by Crippen LogP contribution is -2.28. The maximum atomic E-state index is 10.4. The zero-order valence-electron chi connectivity index (χ0n) is 7.28. The number of ether oxygens (including phenoxy) is 3. The molecular formula is C7H14O5. The molecule has 5 nitrogen and oxygen atoms in total. The first-order valence-electron chi connectivity index (χ1n) is 3.54. The average molecular weight is 178 g/mol. The molecule has 1 unspecified atom stereocenters. The first-order valence-corrected chi connectivity index (χ1v) is 3.54. The fourth-order valence-corrected chi connectivity index (χ4v) is 0.573. The number of rotatable bonds is 7. The van der Waals surface area contributed by atoms with Crippen LogP contribution in [-0.2, 0) is 19.0 Å². The van der Waals surface area contributed by atoms with Gasteiger partial charge in [-0.15, -0.1) is 0 Å². The van der Waals surface area contributed by atoms with Crippen LogP contribution < -0.4 is 0 Å². The van der Waals surface area contributed by atoms with Crippen molar-refractivity contribution in [2.45, 2.75) is 6.10 Å². The molecule has 0 saturated heterocycles. The van der Waals surface area contributed by atoms with Crippen LogP contribution in [0.15, 0.2) is 0 Å². The van der Waals surface area contributed by atoms with Gasteiger partial charge in [0.2, 0.25) is 0 Å². The van der Waals surface area contributed by atoms with Crippen molar-refractivity contribution in [2.75, 3.05) is 34.0 Å². The van der Waals surface area contributed by atoms with Crippen LogP contribution in [0.2, 0.25) is 0 Å². The Morgan fingerprint density at radius 2 is 2.08 bits per heavy atom. The van der Waals surface area contributed by atoms with Gasteiger partial charge in [-0.3, -0.25) is 0 Å². The van der Waals surface area contributed by atoms with E-state index in [2.05, 4.69) is 4.74 Å². The average Bonchev–Trinajstić information content (AvgIpc) is 2.04. The highest BCUT2D eigenvalue weighted by Crippen LogP contribution is 1.91. The summed E-state index contributed by atoms with van der Waals surface area (Å²) in [5.41, 5.74) is 0. The second-order valence-electron chi connectivity index (χ2n) is 2.13. The molecule has 0 aromatic carbocycles. The third-order valence-corrected chi connectivity index (χ3v) is 1.26. The zero-order chi connectivity index (χ0) is 9.40. The van der Waals surface area contributed by atoms with Crippen molar-refractivity contribution in [3.63, 3.8) is 0 Å². The normalized spacial score (nSPS) is 12.8. The van der Waals surface area contributed by atoms with Gasteiger partial charge in [0.1, 0.15) is 0 Å². The van der Waals surface area contributed by atoms with Gasteiger partial charge < -0.3 is 19.3 Å². The number of methoxy groups -OCH3 is 2. The van der Waals surface area contributed by atoms with Gasteiger partial charge in [0, 0.05) is 14.2 Å². The van der Waals surface area contributed by atoms with Gasteiger partial charge in [-0.05, 0) is 0 Å². The van der Waals surface area contributed by atoms with Crippen molar-refractivity contribution in [1.82, 2.24) is 0 Å². The molecule has 0 aliphatic heterocycles. The van der Waals surface area contributed by atoms with Gasteiger partial charge in [-0.1, -0.05) is 0 Å². The van der Waals surface area contributed by atoms with E-state index in [0.717, 1.165) is 0 Å².